The molecule has 2 aliphatic carbocycles. The maximum Gasteiger partial charge on any atom is 0.340 e. The van der Waals surface area contributed by atoms with Crippen molar-refractivity contribution >= 4 is 65.2 Å². The van der Waals surface area contributed by atoms with E-state index in [1.165, 1.54) is 61.6 Å². The maximum absolute atomic E-state index is 13.3. The minimum atomic E-state index is -3.50. The number of fused-ring (bicyclic) bond motifs is 2. The molecule has 0 spiro atoms. The highest BCUT2D eigenvalue weighted by Gasteiger charge is 2.32. The van der Waals surface area contributed by atoms with Crippen molar-refractivity contribution in [1.29, 1.82) is 0 Å². The summed E-state index contributed by atoms with van der Waals surface area (Å²) < 4.78 is 90.2. The first-order valence-corrected chi connectivity index (χ1v) is 20.9. The smallest absolute Gasteiger partial charge is 0.340 e. The molecule has 4 N–H and O–H groups in total. The number of carboxylic acids is 1. The fourth-order valence-electron chi connectivity index (χ4n) is 6.53. The largest absolute Gasteiger partial charge is 0.478 e. The van der Waals surface area contributed by atoms with Crippen LogP contribution in [0, 0.1) is 11.6 Å². The summed E-state index contributed by atoms with van der Waals surface area (Å²) >= 11 is 0. The standard InChI is InChI=1S/C20H19FN2O4S.C19H16FNO5S/c1-22-20(24)18-15-9-14(11-3-4-11)16(23-28(2,25)26)10-17(15)27-19(18)12-5-7-13(21)8-6-12;1-27(24,25)21-15-9-16-14(8-13(15)10-2-3-10)17(19(22)23)18(26-16)11-4-6-12(20)7-5-11/h5-11,23H,3-4H2,1-2H3,(H,22,24);4-10,21H,2-3H2,1H3,(H,22,23). The quantitative estimate of drug-likeness (QED) is 0.107. The van der Waals surface area contributed by atoms with Gasteiger partial charge in [-0.15, -0.1) is 0 Å². The predicted octanol–water partition coefficient (Wildman–Crippen LogP) is 8.03. The van der Waals surface area contributed by atoms with E-state index in [9.17, 15) is 40.3 Å². The van der Waals surface area contributed by atoms with Crippen molar-refractivity contribution in [1.82, 2.24) is 5.32 Å². The second kappa shape index (κ2) is 14.2. The molecule has 286 valence electrons. The summed E-state index contributed by atoms with van der Waals surface area (Å²) in [6, 6.07) is 17.6. The van der Waals surface area contributed by atoms with Crippen LogP contribution in [-0.4, -0.2) is 53.4 Å². The number of nitrogens with one attached hydrogen (secondary N) is 3. The van der Waals surface area contributed by atoms with E-state index in [2.05, 4.69) is 14.8 Å². The van der Waals surface area contributed by atoms with Crippen molar-refractivity contribution in [3.05, 3.63) is 107 Å². The Hall–Kier alpha value is -5.74. The second-order valence-electron chi connectivity index (χ2n) is 13.7. The van der Waals surface area contributed by atoms with Crippen LogP contribution >= 0.6 is 0 Å². The van der Waals surface area contributed by atoms with Crippen LogP contribution in [0.2, 0.25) is 0 Å². The third-order valence-corrected chi connectivity index (χ3v) is 10.4. The van der Waals surface area contributed by atoms with Gasteiger partial charge in [-0.2, -0.15) is 0 Å². The van der Waals surface area contributed by atoms with Gasteiger partial charge in [0.25, 0.3) is 5.91 Å². The van der Waals surface area contributed by atoms with Crippen molar-refractivity contribution in [3.63, 3.8) is 0 Å². The van der Waals surface area contributed by atoms with E-state index in [1.54, 1.807) is 12.1 Å². The molecule has 0 aliphatic heterocycles. The number of furan rings is 2. The van der Waals surface area contributed by atoms with Gasteiger partial charge < -0.3 is 19.3 Å². The molecular weight excluding hydrogens is 757 g/mol. The van der Waals surface area contributed by atoms with Gasteiger partial charge in [0.05, 0.1) is 29.4 Å². The first-order valence-electron chi connectivity index (χ1n) is 17.1. The minimum Gasteiger partial charge on any atom is -0.478 e. The summed E-state index contributed by atoms with van der Waals surface area (Å²) in [4.78, 5) is 24.5. The van der Waals surface area contributed by atoms with Crippen LogP contribution in [0.15, 0.2) is 81.6 Å². The SMILES string of the molecule is CNC(=O)c1c(-c2ccc(F)cc2)oc2cc(NS(C)(=O)=O)c(C3CC3)cc12.CS(=O)(=O)Nc1cc2oc(-c3ccc(F)cc3)c(C(=O)O)c2cc1C1CC1. The highest BCUT2D eigenvalue weighted by atomic mass is 32.2. The number of aromatic carboxylic acids is 1. The summed E-state index contributed by atoms with van der Waals surface area (Å²) in [5.41, 5.74) is 4.38. The Morgan fingerprint density at radius 3 is 1.38 bits per heavy atom. The number of amides is 1. The van der Waals surface area contributed by atoms with Gasteiger partial charge in [0, 0.05) is 41.1 Å². The number of hydrogen-bond acceptors (Lipinski definition) is 8. The molecule has 0 bridgehead atoms. The molecule has 0 atom stereocenters. The van der Waals surface area contributed by atoms with E-state index in [1.807, 2.05) is 6.07 Å². The average Bonchev–Trinajstić information content (AvgIpc) is 4.05. The Labute approximate surface area is 314 Å². The molecule has 4 aromatic carbocycles. The normalized spacial score (nSPS) is 14.3. The van der Waals surface area contributed by atoms with Crippen molar-refractivity contribution in [2.45, 2.75) is 37.5 Å². The molecule has 2 aliphatic rings. The van der Waals surface area contributed by atoms with Crippen LogP contribution < -0.4 is 14.8 Å². The lowest BCUT2D eigenvalue weighted by atomic mass is 10.0. The highest BCUT2D eigenvalue weighted by molar-refractivity contribution is 7.92. The van der Waals surface area contributed by atoms with Crippen LogP contribution in [0.5, 0.6) is 0 Å². The Kier molecular flexibility index (Phi) is 9.67. The molecule has 1 amide bonds. The monoisotopic (exact) mass is 791 g/mol. The van der Waals surface area contributed by atoms with Crippen molar-refractivity contribution in [2.24, 2.45) is 0 Å². The summed E-state index contributed by atoms with van der Waals surface area (Å²) in [6.45, 7) is 0. The number of benzene rings is 4. The van der Waals surface area contributed by atoms with Crippen molar-refractivity contribution < 1.29 is 49.1 Å². The van der Waals surface area contributed by atoms with E-state index in [4.69, 9.17) is 8.83 Å². The van der Waals surface area contributed by atoms with Gasteiger partial charge in [-0.05, 0) is 109 Å². The van der Waals surface area contributed by atoms with Gasteiger partial charge in [0.2, 0.25) is 20.0 Å². The van der Waals surface area contributed by atoms with Crippen molar-refractivity contribution in [3.8, 4) is 22.6 Å². The average molecular weight is 792 g/mol. The zero-order valence-corrected chi connectivity index (χ0v) is 31.3. The number of carbonyl (C=O) groups is 2. The number of halogens is 2. The van der Waals surface area contributed by atoms with Gasteiger partial charge in [-0.3, -0.25) is 14.2 Å². The molecule has 2 aromatic heterocycles. The van der Waals surface area contributed by atoms with Gasteiger partial charge >= 0.3 is 5.97 Å². The minimum absolute atomic E-state index is 0.0237. The van der Waals surface area contributed by atoms with Gasteiger partial charge in [-0.1, -0.05) is 0 Å². The number of sulfonamides is 2. The molecule has 2 fully saturated rings. The number of anilines is 2. The number of rotatable bonds is 10. The lowest BCUT2D eigenvalue weighted by molar-refractivity contribution is 0.0698. The van der Waals surface area contributed by atoms with Gasteiger partial charge in [0.15, 0.2) is 0 Å². The molecule has 6 aromatic rings. The molecule has 2 saturated carbocycles. The fourth-order valence-corrected chi connectivity index (χ4v) is 7.68. The van der Waals surface area contributed by atoms with E-state index in [0.717, 1.165) is 49.3 Å². The maximum atomic E-state index is 13.3. The van der Waals surface area contributed by atoms with E-state index >= 15 is 0 Å². The van der Waals surface area contributed by atoms with Crippen LogP contribution in [0.25, 0.3) is 44.6 Å². The zero-order valence-electron chi connectivity index (χ0n) is 29.7. The van der Waals surface area contributed by atoms with Gasteiger partial charge in [0.1, 0.15) is 39.9 Å². The summed E-state index contributed by atoms with van der Waals surface area (Å²) in [7, 11) is -5.44. The highest BCUT2D eigenvalue weighted by Crippen LogP contribution is 2.48. The molecule has 0 radical (unpaired) electrons. The number of hydrogen-bond donors (Lipinski definition) is 4. The van der Waals surface area contributed by atoms with Crippen LogP contribution in [0.3, 0.4) is 0 Å². The number of carbonyl (C=O) groups excluding carboxylic acids is 1. The topological polar surface area (TPSA) is 185 Å². The molecule has 12 nitrogen and oxygen atoms in total. The molecule has 8 rings (SSSR count). The summed E-state index contributed by atoms with van der Waals surface area (Å²) in [6.07, 6.45) is 5.90. The van der Waals surface area contributed by atoms with E-state index in [-0.39, 0.29) is 34.6 Å². The molecule has 55 heavy (non-hydrogen) atoms. The summed E-state index contributed by atoms with van der Waals surface area (Å²) in [5.74, 6) is -1.48. The van der Waals surface area contributed by atoms with Crippen LogP contribution in [0.4, 0.5) is 20.2 Å². The Bertz CT molecular complexity index is 2720. The number of carboxylic acid groups (broad SMARTS) is 1. The molecule has 2 heterocycles. The first kappa shape index (κ1) is 37.6. The van der Waals surface area contributed by atoms with Crippen molar-refractivity contribution in [2.75, 3.05) is 29.0 Å². The Morgan fingerprint density at radius 2 is 1.04 bits per heavy atom. The van der Waals surface area contributed by atoms with Crippen LogP contribution in [-0.2, 0) is 20.0 Å². The fraction of sp³-hybridized carbons (Fsp3) is 0.231. The Morgan fingerprint density at radius 1 is 0.655 bits per heavy atom. The molecule has 16 heteroatoms. The predicted molar refractivity (Wildman–Crippen MR) is 204 cm³/mol. The lowest BCUT2D eigenvalue weighted by Gasteiger charge is -2.10. The van der Waals surface area contributed by atoms with Gasteiger partial charge in [-0.25, -0.2) is 30.4 Å². The first-order chi connectivity index (χ1) is 26.0. The third kappa shape index (κ3) is 8.19. The zero-order chi connectivity index (χ0) is 39.4. The van der Waals surface area contributed by atoms with E-state index in [0.29, 0.717) is 50.2 Å². The third-order valence-electron chi connectivity index (χ3n) is 9.23. The Balaban J connectivity index is 0.000000169. The molecule has 0 saturated heterocycles. The van der Waals surface area contributed by atoms with E-state index < -0.39 is 37.7 Å². The second-order valence-corrected chi connectivity index (χ2v) is 17.2. The van der Waals surface area contributed by atoms with Crippen LogP contribution in [0.1, 0.15) is 69.4 Å². The molecular formula is C39H35F2N3O9S2. The lowest BCUT2D eigenvalue weighted by Crippen LogP contribution is -2.18. The summed E-state index contributed by atoms with van der Waals surface area (Å²) in [5, 5.41) is 13.3. The molecule has 0 unspecified atom stereocenters.